The van der Waals surface area contributed by atoms with Gasteiger partial charge in [-0.2, -0.15) is 0 Å². The Kier molecular flexibility index (Phi) is 6.42. The second-order valence-corrected chi connectivity index (χ2v) is 7.19. The number of methoxy groups -OCH3 is 1. The Morgan fingerprint density at radius 1 is 1.13 bits per heavy atom. The molecule has 0 aliphatic carbocycles. The van der Waals surface area contributed by atoms with Crippen molar-refractivity contribution in [2.75, 3.05) is 20.3 Å². The SMILES string of the molecule is COc1ccc(-c2noc(C)c2COc2ccc(C(=O)NC3CCOCC3)cn2)cn1. The van der Waals surface area contributed by atoms with E-state index in [0.29, 0.717) is 42.0 Å². The zero-order valence-electron chi connectivity index (χ0n) is 17.5. The van der Waals surface area contributed by atoms with Crippen LogP contribution in [0.15, 0.2) is 41.2 Å². The van der Waals surface area contributed by atoms with Crippen LogP contribution in [0.4, 0.5) is 0 Å². The van der Waals surface area contributed by atoms with E-state index in [4.69, 9.17) is 18.7 Å². The number of hydrogen-bond acceptors (Lipinski definition) is 8. The molecule has 0 unspecified atom stereocenters. The molecular formula is C22H24N4O5. The first-order valence-electron chi connectivity index (χ1n) is 10.1. The molecule has 9 heteroatoms. The van der Waals surface area contributed by atoms with E-state index in [-0.39, 0.29) is 18.6 Å². The van der Waals surface area contributed by atoms with Crippen LogP contribution in [0.5, 0.6) is 11.8 Å². The molecule has 3 aromatic heterocycles. The molecule has 4 heterocycles. The number of rotatable bonds is 7. The Balaban J connectivity index is 1.39. The summed E-state index contributed by atoms with van der Waals surface area (Å²) in [5.74, 6) is 1.43. The predicted octanol–water partition coefficient (Wildman–Crippen LogP) is 2.94. The highest BCUT2D eigenvalue weighted by atomic mass is 16.5. The van der Waals surface area contributed by atoms with Crippen molar-refractivity contribution in [3.63, 3.8) is 0 Å². The summed E-state index contributed by atoms with van der Waals surface area (Å²) in [5.41, 5.74) is 2.74. The zero-order valence-corrected chi connectivity index (χ0v) is 17.5. The summed E-state index contributed by atoms with van der Waals surface area (Å²) in [6, 6.07) is 7.13. The van der Waals surface area contributed by atoms with Crippen molar-refractivity contribution in [2.24, 2.45) is 0 Å². The quantitative estimate of drug-likeness (QED) is 0.617. The summed E-state index contributed by atoms with van der Waals surface area (Å²) in [6.07, 6.45) is 4.83. The Labute approximate surface area is 179 Å². The normalized spacial score (nSPS) is 14.3. The van der Waals surface area contributed by atoms with Crippen LogP contribution in [0.1, 0.15) is 34.5 Å². The molecule has 1 fully saturated rings. The first-order valence-corrected chi connectivity index (χ1v) is 10.1. The van der Waals surface area contributed by atoms with E-state index < -0.39 is 0 Å². The fourth-order valence-corrected chi connectivity index (χ4v) is 3.29. The average Bonchev–Trinajstić information content (AvgIpc) is 3.19. The minimum atomic E-state index is -0.143. The van der Waals surface area contributed by atoms with Crippen molar-refractivity contribution < 1.29 is 23.5 Å². The standard InChI is InChI=1S/C22H24N4O5/c1-14-18(21(26-31-14)15-3-5-19(28-2)23-11-15)13-30-20-6-4-16(12-24-20)22(27)25-17-7-9-29-10-8-17/h3-6,11-12,17H,7-10,13H2,1-2H3,(H,25,27). The van der Waals surface area contributed by atoms with Crippen LogP contribution < -0.4 is 14.8 Å². The summed E-state index contributed by atoms with van der Waals surface area (Å²) in [5, 5.41) is 7.14. The van der Waals surface area contributed by atoms with E-state index in [2.05, 4.69) is 20.4 Å². The number of aromatic nitrogens is 3. The molecule has 0 aromatic carbocycles. The highest BCUT2D eigenvalue weighted by Gasteiger charge is 2.18. The smallest absolute Gasteiger partial charge is 0.253 e. The maximum atomic E-state index is 12.4. The Morgan fingerprint density at radius 3 is 2.58 bits per heavy atom. The third-order valence-electron chi connectivity index (χ3n) is 5.12. The predicted molar refractivity (Wildman–Crippen MR) is 111 cm³/mol. The summed E-state index contributed by atoms with van der Waals surface area (Å²) in [4.78, 5) is 20.9. The van der Waals surface area contributed by atoms with Crippen molar-refractivity contribution in [1.82, 2.24) is 20.4 Å². The van der Waals surface area contributed by atoms with Gasteiger partial charge in [0.25, 0.3) is 5.91 Å². The molecule has 1 amide bonds. The summed E-state index contributed by atoms with van der Waals surface area (Å²) in [6.45, 7) is 3.39. The van der Waals surface area contributed by atoms with Crippen LogP contribution in [-0.2, 0) is 11.3 Å². The summed E-state index contributed by atoms with van der Waals surface area (Å²) in [7, 11) is 1.56. The number of nitrogens with zero attached hydrogens (tertiary/aromatic N) is 3. The molecule has 1 aliphatic heterocycles. The van der Waals surface area contributed by atoms with E-state index in [1.807, 2.05) is 13.0 Å². The summed E-state index contributed by atoms with van der Waals surface area (Å²) < 4.78 is 21.6. The van der Waals surface area contributed by atoms with Crippen LogP contribution >= 0.6 is 0 Å². The fraction of sp³-hybridized carbons (Fsp3) is 0.364. The molecular weight excluding hydrogens is 400 g/mol. The van der Waals surface area contributed by atoms with Gasteiger partial charge in [0.2, 0.25) is 11.8 Å². The Morgan fingerprint density at radius 2 is 1.90 bits per heavy atom. The molecule has 0 bridgehead atoms. The lowest BCUT2D eigenvalue weighted by molar-refractivity contribution is 0.0696. The fourth-order valence-electron chi connectivity index (χ4n) is 3.29. The van der Waals surface area contributed by atoms with E-state index in [9.17, 15) is 4.79 Å². The van der Waals surface area contributed by atoms with Gasteiger partial charge < -0.3 is 24.1 Å². The molecule has 4 rings (SSSR count). The van der Waals surface area contributed by atoms with Gasteiger partial charge in [-0.15, -0.1) is 0 Å². The van der Waals surface area contributed by atoms with Crippen LogP contribution in [0, 0.1) is 6.92 Å². The van der Waals surface area contributed by atoms with Crippen molar-refractivity contribution in [3.05, 3.63) is 53.5 Å². The van der Waals surface area contributed by atoms with Crippen LogP contribution in [0.3, 0.4) is 0 Å². The monoisotopic (exact) mass is 424 g/mol. The Bertz CT molecular complexity index is 1010. The van der Waals surface area contributed by atoms with Crippen molar-refractivity contribution in [2.45, 2.75) is 32.4 Å². The first-order chi connectivity index (χ1) is 15.1. The molecule has 3 aromatic rings. The molecule has 1 N–H and O–H groups in total. The molecule has 0 radical (unpaired) electrons. The molecule has 0 spiro atoms. The lowest BCUT2D eigenvalue weighted by atomic mass is 10.1. The van der Waals surface area contributed by atoms with Gasteiger partial charge >= 0.3 is 0 Å². The topological polar surface area (TPSA) is 109 Å². The van der Waals surface area contributed by atoms with E-state index in [0.717, 1.165) is 24.0 Å². The highest BCUT2D eigenvalue weighted by Crippen LogP contribution is 2.26. The van der Waals surface area contributed by atoms with E-state index in [1.165, 1.54) is 6.20 Å². The Hall–Kier alpha value is -3.46. The lowest BCUT2D eigenvalue weighted by Crippen LogP contribution is -2.38. The number of carbonyl (C=O) groups excluding carboxylic acids is 1. The number of carbonyl (C=O) groups is 1. The van der Waals surface area contributed by atoms with Gasteiger partial charge in [0.05, 0.1) is 18.2 Å². The number of ether oxygens (including phenoxy) is 3. The second kappa shape index (κ2) is 9.57. The number of pyridine rings is 2. The molecule has 9 nitrogen and oxygen atoms in total. The molecule has 1 saturated heterocycles. The number of amides is 1. The van der Waals surface area contributed by atoms with Crippen molar-refractivity contribution in [3.8, 4) is 23.0 Å². The van der Waals surface area contributed by atoms with Gasteiger partial charge in [0.1, 0.15) is 18.1 Å². The second-order valence-electron chi connectivity index (χ2n) is 7.19. The number of nitrogens with one attached hydrogen (secondary N) is 1. The van der Waals surface area contributed by atoms with E-state index in [1.54, 1.807) is 31.5 Å². The van der Waals surface area contributed by atoms with Gasteiger partial charge in [-0.1, -0.05) is 5.16 Å². The average molecular weight is 424 g/mol. The first kappa shape index (κ1) is 20.8. The molecule has 0 atom stereocenters. The van der Waals surface area contributed by atoms with Gasteiger partial charge in [-0.3, -0.25) is 4.79 Å². The number of hydrogen-bond donors (Lipinski definition) is 1. The lowest BCUT2D eigenvalue weighted by Gasteiger charge is -2.23. The molecule has 1 aliphatic rings. The highest BCUT2D eigenvalue weighted by molar-refractivity contribution is 5.94. The minimum absolute atomic E-state index is 0.139. The molecule has 162 valence electrons. The molecule has 31 heavy (non-hydrogen) atoms. The third kappa shape index (κ3) is 5.00. The molecule has 0 saturated carbocycles. The van der Waals surface area contributed by atoms with Crippen LogP contribution in [0.25, 0.3) is 11.3 Å². The zero-order chi connectivity index (χ0) is 21.6. The van der Waals surface area contributed by atoms with Crippen LogP contribution in [0.2, 0.25) is 0 Å². The van der Waals surface area contributed by atoms with Crippen molar-refractivity contribution >= 4 is 5.91 Å². The number of aryl methyl sites for hydroxylation is 1. The summed E-state index contributed by atoms with van der Waals surface area (Å²) >= 11 is 0. The largest absolute Gasteiger partial charge is 0.481 e. The van der Waals surface area contributed by atoms with Crippen molar-refractivity contribution in [1.29, 1.82) is 0 Å². The van der Waals surface area contributed by atoms with Gasteiger partial charge in [0.15, 0.2) is 0 Å². The van der Waals surface area contributed by atoms with Crippen LogP contribution in [-0.4, -0.2) is 47.4 Å². The third-order valence-corrected chi connectivity index (χ3v) is 5.12. The minimum Gasteiger partial charge on any atom is -0.481 e. The maximum Gasteiger partial charge on any atom is 0.253 e. The van der Waals surface area contributed by atoms with Gasteiger partial charge in [-0.25, -0.2) is 9.97 Å². The van der Waals surface area contributed by atoms with Gasteiger partial charge in [-0.05, 0) is 31.9 Å². The maximum absolute atomic E-state index is 12.4. The van der Waals surface area contributed by atoms with E-state index >= 15 is 0 Å². The van der Waals surface area contributed by atoms with Gasteiger partial charge in [0, 0.05) is 49.3 Å².